The minimum Gasteiger partial charge on any atom is -0.310 e. The average Bonchev–Trinajstić information content (AvgIpc) is 3.25. The fourth-order valence-electron chi connectivity index (χ4n) is 3.52. The molecule has 27 heavy (non-hydrogen) atoms. The topological polar surface area (TPSA) is 90.0 Å². The van der Waals surface area contributed by atoms with Gasteiger partial charge < -0.3 is 5.32 Å². The highest BCUT2D eigenvalue weighted by molar-refractivity contribution is 9.10. The van der Waals surface area contributed by atoms with Gasteiger partial charge in [-0.2, -0.15) is 14.3 Å². The molecule has 1 N–H and O–H groups in total. The van der Waals surface area contributed by atoms with E-state index in [0.717, 1.165) is 21.3 Å². The van der Waals surface area contributed by atoms with Crippen molar-refractivity contribution in [2.45, 2.75) is 19.3 Å². The van der Waals surface area contributed by atoms with E-state index in [1.807, 2.05) is 43.3 Å². The van der Waals surface area contributed by atoms with E-state index in [2.05, 4.69) is 41.6 Å². The molecule has 4 aromatic rings. The Labute approximate surface area is 162 Å². The van der Waals surface area contributed by atoms with Crippen LogP contribution in [0.25, 0.3) is 11.5 Å². The van der Waals surface area contributed by atoms with Gasteiger partial charge in [0.2, 0.25) is 5.91 Å². The molecule has 0 saturated heterocycles. The summed E-state index contributed by atoms with van der Waals surface area (Å²) in [6.07, 6.45) is 1.92. The number of hydrogen-bond acceptors (Lipinski definition) is 5. The van der Waals surface area contributed by atoms with Gasteiger partial charge >= 0.3 is 0 Å². The number of aromatic nitrogens is 6. The van der Waals surface area contributed by atoms with E-state index in [4.69, 9.17) is 0 Å². The summed E-state index contributed by atoms with van der Waals surface area (Å²) in [6, 6.07) is 11.7. The van der Waals surface area contributed by atoms with Gasteiger partial charge in [0.25, 0.3) is 0 Å². The number of hydrogen-bond donors (Lipinski definition) is 1. The maximum atomic E-state index is 12.4. The highest BCUT2D eigenvalue weighted by atomic mass is 79.9. The van der Waals surface area contributed by atoms with E-state index in [9.17, 15) is 4.79 Å². The van der Waals surface area contributed by atoms with Crippen molar-refractivity contribution >= 4 is 33.3 Å². The lowest BCUT2D eigenvalue weighted by Gasteiger charge is -2.24. The third kappa shape index (κ3) is 2.62. The molecule has 5 rings (SSSR count). The lowest BCUT2D eigenvalue weighted by molar-refractivity contribution is -0.116. The Hall–Kier alpha value is -3.07. The molecule has 0 aliphatic carbocycles. The molecule has 1 unspecified atom stereocenters. The number of rotatable bonds is 2. The predicted molar refractivity (Wildman–Crippen MR) is 102 cm³/mol. The Morgan fingerprint density at radius 2 is 1.96 bits per heavy atom. The minimum atomic E-state index is -0.0470. The van der Waals surface area contributed by atoms with Crippen LogP contribution in [0.5, 0.6) is 0 Å². The number of nitrogens with zero attached hydrogens (tertiary/aromatic N) is 6. The lowest BCUT2D eigenvalue weighted by atomic mass is 9.86. The Morgan fingerprint density at radius 3 is 2.78 bits per heavy atom. The number of nitrogens with one attached hydrogen (secondary N) is 1. The molecule has 3 aromatic heterocycles. The highest BCUT2D eigenvalue weighted by Crippen LogP contribution is 2.40. The van der Waals surface area contributed by atoms with Gasteiger partial charge in [0.1, 0.15) is 12.1 Å². The second-order valence-corrected chi connectivity index (χ2v) is 7.36. The zero-order valence-corrected chi connectivity index (χ0v) is 15.9. The summed E-state index contributed by atoms with van der Waals surface area (Å²) in [7, 11) is 0. The molecule has 1 aliphatic rings. The van der Waals surface area contributed by atoms with Gasteiger partial charge in [-0.15, -0.1) is 15.3 Å². The molecule has 134 valence electrons. The van der Waals surface area contributed by atoms with Crippen molar-refractivity contribution in [1.82, 2.24) is 29.6 Å². The summed E-state index contributed by atoms with van der Waals surface area (Å²) in [5.41, 5.74) is 3.61. The smallest absolute Gasteiger partial charge is 0.226 e. The van der Waals surface area contributed by atoms with Gasteiger partial charge in [0.15, 0.2) is 11.5 Å². The Balaban J connectivity index is 1.67. The van der Waals surface area contributed by atoms with Crippen LogP contribution in [0, 0.1) is 6.92 Å². The van der Waals surface area contributed by atoms with Gasteiger partial charge in [-0.3, -0.25) is 4.79 Å². The second-order valence-electron chi connectivity index (χ2n) is 6.44. The molecule has 1 atom stereocenters. The van der Waals surface area contributed by atoms with Crippen LogP contribution >= 0.6 is 15.9 Å². The first-order valence-corrected chi connectivity index (χ1v) is 9.22. The van der Waals surface area contributed by atoms with E-state index in [-0.39, 0.29) is 11.8 Å². The molecule has 0 radical (unpaired) electrons. The Kier molecular flexibility index (Phi) is 3.57. The van der Waals surface area contributed by atoms with Crippen LogP contribution in [0.15, 0.2) is 47.2 Å². The molecule has 4 heterocycles. The first-order valence-electron chi connectivity index (χ1n) is 8.42. The summed E-state index contributed by atoms with van der Waals surface area (Å²) in [4.78, 5) is 12.4. The zero-order chi connectivity index (χ0) is 18.5. The molecular weight excluding hydrogens is 410 g/mol. The van der Waals surface area contributed by atoms with Gasteiger partial charge in [-0.25, -0.2) is 0 Å². The molecule has 1 amide bonds. The number of anilines is 1. The molecule has 8 nitrogen and oxygen atoms in total. The number of fused-ring (bicyclic) bond motifs is 2. The zero-order valence-electron chi connectivity index (χ0n) is 14.3. The third-order valence-electron chi connectivity index (χ3n) is 4.74. The number of aryl methyl sites for hydroxylation is 1. The summed E-state index contributed by atoms with van der Waals surface area (Å²) in [6.45, 7) is 1.95. The number of amides is 1. The largest absolute Gasteiger partial charge is 0.310 e. The van der Waals surface area contributed by atoms with Crippen LogP contribution in [-0.2, 0) is 4.79 Å². The molecule has 1 aliphatic heterocycles. The maximum absolute atomic E-state index is 12.4. The van der Waals surface area contributed by atoms with Gasteiger partial charge in [0, 0.05) is 22.4 Å². The van der Waals surface area contributed by atoms with Gasteiger partial charge in [-0.05, 0) is 36.8 Å². The molecule has 9 heteroatoms. The van der Waals surface area contributed by atoms with Gasteiger partial charge in [-0.1, -0.05) is 28.1 Å². The van der Waals surface area contributed by atoms with Crippen LogP contribution in [0.3, 0.4) is 0 Å². The van der Waals surface area contributed by atoms with Crippen molar-refractivity contribution in [3.63, 3.8) is 0 Å². The Bertz CT molecular complexity index is 1180. The second kappa shape index (κ2) is 5.98. The van der Waals surface area contributed by atoms with E-state index in [0.29, 0.717) is 23.7 Å². The summed E-state index contributed by atoms with van der Waals surface area (Å²) in [5.74, 6) is 1.16. The number of benzene rings is 1. The minimum absolute atomic E-state index is 0.0399. The fourth-order valence-corrected chi connectivity index (χ4v) is 3.79. The Morgan fingerprint density at radius 1 is 1.15 bits per heavy atom. The highest BCUT2D eigenvalue weighted by Gasteiger charge is 2.32. The molecule has 0 fully saturated rings. The van der Waals surface area contributed by atoms with Crippen molar-refractivity contribution in [1.29, 1.82) is 0 Å². The van der Waals surface area contributed by atoms with E-state index >= 15 is 0 Å². The molecular formula is C18H14BrN7O. The first-order chi connectivity index (χ1) is 13.1. The van der Waals surface area contributed by atoms with Crippen molar-refractivity contribution in [3.05, 3.63) is 64.0 Å². The van der Waals surface area contributed by atoms with E-state index in [1.54, 1.807) is 9.20 Å². The van der Waals surface area contributed by atoms with Crippen LogP contribution in [0.2, 0.25) is 0 Å². The number of carbonyl (C=O) groups is 1. The van der Waals surface area contributed by atoms with Crippen LogP contribution in [-0.4, -0.2) is 35.5 Å². The number of halogens is 1. The molecule has 0 bridgehead atoms. The van der Waals surface area contributed by atoms with Crippen LogP contribution in [0.1, 0.15) is 29.2 Å². The van der Waals surface area contributed by atoms with Gasteiger partial charge in [0.05, 0.1) is 5.69 Å². The van der Waals surface area contributed by atoms with Crippen LogP contribution < -0.4 is 5.32 Å². The van der Waals surface area contributed by atoms with Crippen molar-refractivity contribution in [2.75, 3.05) is 5.32 Å². The molecule has 0 spiro atoms. The van der Waals surface area contributed by atoms with E-state index in [1.165, 1.54) is 6.33 Å². The fraction of sp³-hybridized carbons (Fsp3) is 0.167. The van der Waals surface area contributed by atoms with E-state index < -0.39 is 0 Å². The quantitative estimate of drug-likeness (QED) is 0.535. The third-order valence-corrected chi connectivity index (χ3v) is 5.27. The first kappa shape index (κ1) is 16.1. The normalized spacial score (nSPS) is 16.4. The van der Waals surface area contributed by atoms with Crippen molar-refractivity contribution in [2.24, 2.45) is 0 Å². The van der Waals surface area contributed by atoms with Crippen LogP contribution in [0.4, 0.5) is 5.82 Å². The molecule has 0 saturated carbocycles. The monoisotopic (exact) mass is 423 g/mol. The standard InChI is InChI=1S/C18H14BrN7O/c1-10-17-13(11-2-4-12(19)5-3-11)8-16(27)21-18(17)26(23-10)15-7-6-14-22-20-9-25(14)24-15/h2-7,9,13H,8H2,1H3,(H,21,27). The van der Waals surface area contributed by atoms with Crippen molar-refractivity contribution < 1.29 is 4.79 Å². The summed E-state index contributed by atoms with van der Waals surface area (Å²) < 4.78 is 4.26. The molecule has 1 aromatic carbocycles. The average molecular weight is 424 g/mol. The summed E-state index contributed by atoms with van der Waals surface area (Å²) >= 11 is 3.46. The summed E-state index contributed by atoms with van der Waals surface area (Å²) in [5, 5.41) is 19.9. The SMILES string of the molecule is Cc1nn(-c2ccc3nncn3n2)c2c1C(c1ccc(Br)cc1)CC(=O)N2. The number of carbonyl (C=O) groups excluding carboxylic acids is 1. The maximum Gasteiger partial charge on any atom is 0.226 e. The predicted octanol–water partition coefficient (Wildman–Crippen LogP) is 2.86. The van der Waals surface area contributed by atoms with Crippen molar-refractivity contribution in [3.8, 4) is 5.82 Å². The lowest BCUT2D eigenvalue weighted by Crippen LogP contribution is -2.25.